The van der Waals surface area contributed by atoms with Gasteiger partial charge in [-0.3, -0.25) is 0 Å². The molecule has 0 aliphatic carbocycles. The zero-order valence-corrected chi connectivity index (χ0v) is 12.1. The van der Waals surface area contributed by atoms with Gasteiger partial charge in [-0.25, -0.2) is 9.97 Å². The molecule has 0 unspecified atom stereocenters. The number of rotatable bonds is 2. The Kier molecular flexibility index (Phi) is 3.16. The van der Waals surface area contributed by atoms with Gasteiger partial charge in [0.1, 0.15) is 0 Å². The Hall–Kier alpha value is -2.60. The maximum Gasteiger partial charge on any atom is 0.180 e. The lowest BCUT2D eigenvalue weighted by atomic mass is 10.1. The van der Waals surface area contributed by atoms with Gasteiger partial charge < -0.3 is 19.8 Å². The summed E-state index contributed by atoms with van der Waals surface area (Å²) in [5.41, 5.74) is 9.73. The number of morpholine rings is 1. The van der Waals surface area contributed by atoms with Gasteiger partial charge in [-0.15, -0.1) is 0 Å². The van der Waals surface area contributed by atoms with Crippen molar-refractivity contribution in [3.63, 3.8) is 0 Å². The third kappa shape index (κ3) is 2.27. The molecule has 1 aliphatic heterocycles. The van der Waals surface area contributed by atoms with Crippen LogP contribution in [-0.4, -0.2) is 40.7 Å². The normalized spacial score (nSPS) is 15.4. The molecule has 0 bridgehead atoms. The van der Waals surface area contributed by atoms with E-state index in [-0.39, 0.29) is 0 Å². The molecule has 2 aromatic heterocycles. The largest absolute Gasteiger partial charge is 0.381 e. The first-order valence-corrected chi connectivity index (χ1v) is 7.33. The average molecular weight is 295 g/mol. The van der Waals surface area contributed by atoms with Crippen molar-refractivity contribution < 1.29 is 4.74 Å². The van der Waals surface area contributed by atoms with E-state index in [9.17, 15) is 0 Å². The van der Waals surface area contributed by atoms with E-state index in [1.807, 2.05) is 16.8 Å². The van der Waals surface area contributed by atoms with Crippen molar-refractivity contribution >= 4 is 17.2 Å². The van der Waals surface area contributed by atoms with E-state index in [4.69, 9.17) is 10.5 Å². The molecular weight excluding hydrogens is 278 g/mol. The summed E-state index contributed by atoms with van der Waals surface area (Å²) in [7, 11) is 0. The molecule has 2 N–H and O–H groups in total. The van der Waals surface area contributed by atoms with Crippen LogP contribution in [0.15, 0.2) is 42.9 Å². The maximum absolute atomic E-state index is 5.86. The van der Waals surface area contributed by atoms with Crippen LogP contribution in [-0.2, 0) is 4.74 Å². The molecule has 4 rings (SSSR count). The molecule has 0 atom stereocenters. The van der Waals surface area contributed by atoms with Crippen molar-refractivity contribution in [1.82, 2.24) is 14.4 Å². The van der Waals surface area contributed by atoms with Crippen LogP contribution in [0, 0.1) is 0 Å². The van der Waals surface area contributed by atoms with Gasteiger partial charge in [-0.05, 0) is 12.1 Å². The molecule has 3 aromatic rings. The van der Waals surface area contributed by atoms with Crippen molar-refractivity contribution in [3.05, 3.63) is 42.9 Å². The van der Waals surface area contributed by atoms with Gasteiger partial charge >= 0.3 is 0 Å². The molecule has 3 heterocycles. The van der Waals surface area contributed by atoms with Gasteiger partial charge in [0.2, 0.25) is 0 Å². The number of nitrogens with zero attached hydrogens (tertiary/aromatic N) is 4. The third-order valence-corrected chi connectivity index (χ3v) is 3.94. The van der Waals surface area contributed by atoms with Gasteiger partial charge in [0, 0.05) is 42.9 Å². The van der Waals surface area contributed by atoms with Crippen molar-refractivity contribution in [1.29, 1.82) is 0 Å². The number of fused-ring (bicyclic) bond motifs is 1. The highest BCUT2D eigenvalue weighted by molar-refractivity contribution is 5.69. The summed E-state index contributed by atoms with van der Waals surface area (Å²) in [6.07, 6.45) is 5.50. The standard InChI is InChI=1S/C16H17N5O/c17-15-16-19-14(11-21(16)6-5-18-15)12-1-3-13(4-2-12)20-7-9-22-10-8-20/h1-6,11H,7-10H2,(H2,17,18). The van der Waals surface area contributed by atoms with Gasteiger partial charge in [-0.1, -0.05) is 12.1 Å². The summed E-state index contributed by atoms with van der Waals surface area (Å²) >= 11 is 0. The number of nitrogens with two attached hydrogens (primary N) is 1. The van der Waals surface area contributed by atoms with E-state index in [1.54, 1.807) is 6.20 Å². The zero-order valence-electron chi connectivity index (χ0n) is 12.1. The second-order valence-electron chi connectivity index (χ2n) is 5.32. The minimum absolute atomic E-state index is 0.443. The molecule has 0 spiro atoms. The molecule has 1 fully saturated rings. The molecule has 1 saturated heterocycles. The number of imidazole rings is 1. The van der Waals surface area contributed by atoms with Crippen molar-refractivity contribution in [2.75, 3.05) is 36.9 Å². The van der Waals surface area contributed by atoms with Crippen LogP contribution in [0.1, 0.15) is 0 Å². The maximum atomic E-state index is 5.86. The predicted molar refractivity (Wildman–Crippen MR) is 85.9 cm³/mol. The lowest BCUT2D eigenvalue weighted by Gasteiger charge is -2.28. The van der Waals surface area contributed by atoms with Crippen LogP contribution in [0.3, 0.4) is 0 Å². The quantitative estimate of drug-likeness (QED) is 0.781. The summed E-state index contributed by atoms with van der Waals surface area (Å²) in [4.78, 5) is 11.0. The van der Waals surface area contributed by atoms with Crippen LogP contribution >= 0.6 is 0 Å². The average Bonchev–Trinajstić information content (AvgIpc) is 3.02. The molecule has 1 aliphatic rings. The number of benzene rings is 1. The second-order valence-corrected chi connectivity index (χ2v) is 5.32. The van der Waals surface area contributed by atoms with Gasteiger partial charge in [0.25, 0.3) is 0 Å². The highest BCUT2D eigenvalue weighted by Gasteiger charge is 2.12. The Morgan fingerprint density at radius 2 is 1.86 bits per heavy atom. The number of anilines is 2. The minimum atomic E-state index is 0.443. The summed E-state index contributed by atoms with van der Waals surface area (Å²) in [5.74, 6) is 0.443. The summed E-state index contributed by atoms with van der Waals surface area (Å²) < 4.78 is 7.28. The topological polar surface area (TPSA) is 68.7 Å². The van der Waals surface area contributed by atoms with E-state index in [0.29, 0.717) is 11.5 Å². The van der Waals surface area contributed by atoms with Gasteiger partial charge in [-0.2, -0.15) is 0 Å². The monoisotopic (exact) mass is 295 g/mol. The Morgan fingerprint density at radius 1 is 1.09 bits per heavy atom. The molecule has 0 radical (unpaired) electrons. The lowest BCUT2D eigenvalue weighted by molar-refractivity contribution is 0.122. The van der Waals surface area contributed by atoms with Crippen LogP contribution in [0.5, 0.6) is 0 Å². The molecule has 22 heavy (non-hydrogen) atoms. The van der Waals surface area contributed by atoms with Gasteiger partial charge in [0.05, 0.1) is 18.9 Å². The number of hydrogen-bond donors (Lipinski definition) is 1. The number of hydrogen-bond acceptors (Lipinski definition) is 5. The molecule has 6 heteroatoms. The van der Waals surface area contributed by atoms with Crippen molar-refractivity contribution in [3.8, 4) is 11.3 Å². The van der Waals surface area contributed by atoms with E-state index < -0.39 is 0 Å². The van der Waals surface area contributed by atoms with E-state index in [1.165, 1.54) is 5.69 Å². The fourth-order valence-electron chi connectivity index (χ4n) is 2.74. The molecule has 6 nitrogen and oxygen atoms in total. The molecule has 0 saturated carbocycles. The Labute approximate surface area is 128 Å². The fourth-order valence-corrected chi connectivity index (χ4v) is 2.74. The van der Waals surface area contributed by atoms with E-state index in [2.05, 4.69) is 39.1 Å². The SMILES string of the molecule is Nc1nccn2cc(-c3ccc(N4CCOCC4)cc3)nc12. The zero-order chi connectivity index (χ0) is 14.9. The summed E-state index contributed by atoms with van der Waals surface area (Å²) in [6, 6.07) is 8.45. The second kappa shape index (κ2) is 5.31. The minimum Gasteiger partial charge on any atom is -0.381 e. The third-order valence-electron chi connectivity index (χ3n) is 3.94. The summed E-state index contributed by atoms with van der Waals surface area (Å²) in [6.45, 7) is 3.47. The molecule has 1 aromatic carbocycles. The number of nitrogen functional groups attached to an aromatic ring is 1. The highest BCUT2D eigenvalue weighted by atomic mass is 16.5. The van der Waals surface area contributed by atoms with E-state index >= 15 is 0 Å². The number of aromatic nitrogens is 3. The molecule has 0 amide bonds. The first kappa shape index (κ1) is 13.1. The van der Waals surface area contributed by atoms with Crippen LogP contribution in [0.4, 0.5) is 11.5 Å². The fraction of sp³-hybridized carbons (Fsp3) is 0.250. The Balaban J connectivity index is 1.65. The number of ether oxygens (including phenoxy) is 1. The highest BCUT2D eigenvalue weighted by Crippen LogP contribution is 2.24. The smallest absolute Gasteiger partial charge is 0.180 e. The van der Waals surface area contributed by atoms with Crippen molar-refractivity contribution in [2.24, 2.45) is 0 Å². The van der Waals surface area contributed by atoms with E-state index in [0.717, 1.165) is 37.6 Å². The van der Waals surface area contributed by atoms with Crippen LogP contribution < -0.4 is 10.6 Å². The summed E-state index contributed by atoms with van der Waals surface area (Å²) in [5, 5.41) is 0. The molecule has 112 valence electrons. The molecular formula is C16H17N5O. The Bertz CT molecular complexity index is 790. The predicted octanol–water partition coefficient (Wildman–Crippen LogP) is 1.82. The lowest BCUT2D eigenvalue weighted by Crippen LogP contribution is -2.36. The first-order valence-electron chi connectivity index (χ1n) is 7.33. The van der Waals surface area contributed by atoms with Crippen LogP contribution in [0.25, 0.3) is 16.9 Å². The van der Waals surface area contributed by atoms with Gasteiger partial charge in [0.15, 0.2) is 11.5 Å². The Morgan fingerprint density at radius 3 is 2.59 bits per heavy atom. The van der Waals surface area contributed by atoms with Crippen molar-refractivity contribution in [2.45, 2.75) is 0 Å². The first-order chi connectivity index (χ1) is 10.8. The van der Waals surface area contributed by atoms with Crippen LogP contribution in [0.2, 0.25) is 0 Å².